The molecule has 190 valence electrons. The van der Waals surface area contributed by atoms with E-state index in [9.17, 15) is 30.8 Å². The van der Waals surface area contributed by atoms with Crippen LogP contribution in [0, 0.1) is 5.82 Å². The first-order chi connectivity index (χ1) is 17.0. The van der Waals surface area contributed by atoms with Crippen LogP contribution in [0.4, 0.5) is 17.6 Å². The van der Waals surface area contributed by atoms with Gasteiger partial charge in [0.2, 0.25) is 15.9 Å². The zero-order chi connectivity index (χ0) is 26.1. The Hall–Kier alpha value is -3.45. The van der Waals surface area contributed by atoms with Crippen LogP contribution >= 0.6 is 0 Å². The van der Waals surface area contributed by atoms with E-state index in [1.165, 1.54) is 18.5 Å². The Balaban J connectivity index is 1.47. The zero-order valence-electron chi connectivity index (χ0n) is 18.9. The van der Waals surface area contributed by atoms with Gasteiger partial charge in [-0.1, -0.05) is 0 Å². The molecule has 1 aliphatic heterocycles. The Morgan fingerprint density at radius 3 is 2.44 bits per heavy atom. The molecule has 1 aliphatic rings. The van der Waals surface area contributed by atoms with Gasteiger partial charge in [-0.2, -0.15) is 17.5 Å². The Morgan fingerprint density at radius 1 is 1.08 bits per heavy atom. The number of rotatable bonds is 6. The Labute approximate surface area is 204 Å². The van der Waals surface area contributed by atoms with E-state index in [-0.39, 0.29) is 11.4 Å². The molecule has 2 atom stereocenters. The van der Waals surface area contributed by atoms with Crippen LogP contribution in [0.3, 0.4) is 0 Å². The molecular weight excluding hydrogens is 502 g/mol. The van der Waals surface area contributed by atoms with Gasteiger partial charge in [0.25, 0.3) is 0 Å². The predicted octanol–water partition coefficient (Wildman–Crippen LogP) is 3.55. The van der Waals surface area contributed by atoms with E-state index in [0.29, 0.717) is 29.8 Å². The highest BCUT2D eigenvalue weighted by Crippen LogP contribution is 2.31. The van der Waals surface area contributed by atoms with Crippen LogP contribution in [-0.4, -0.2) is 45.7 Å². The molecule has 13 heteroatoms. The maximum absolute atomic E-state index is 13.3. The van der Waals surface area contributed by atoms with Crippen LogP contribution in [0.15, 0.2) is 59.9 Å². The number of nitrogens with zero attached hydrogens (tertiary/aromatic N) is 4. The number of benzene rings is 1. The molecule has 36 heavy (non-hydrogen) atoms. The lowest BCUT2D eigenvalue weighted by molar-refractivity contribution is -0.141. The van der Waals surface area contributed by atoms with E-state index < -0.39 is 45.7 Å². The van der Waals surface area contributed by atoms with Gasteiger partial charge in [-0.15, -0.1) is 0 Å². The number of nitrogens with one attached hydrogen (secondary N) is 1. The van der Waals surface area contributed by atoms with E-state index >= 15 is 0 Å². The normalized spacial score (nSPS) is 18.8. The number of hydrogen-bond donors (Lipinski definition) is 1. The molecule has 1 fully saturated rings. The molecule has 8 nitrogen and oxygen atoms in total. The van der Waals surface area contributed by atoms with Crippen molar-refractivity contribution >= 4 is 15.9 Å². The third-order valence-corrected chi connectivity index (χ3v) is 7.85. The molecule has 4 rings (SSSR count). The molecule has 0 saturated carbocycles. The molecule has 3 heterocycles. The van der Waals surface area contributed by atoms with Crippen molar-refractivity contribution in [1.29, 1.82) is 0 Å². The molecule has 0 aliphatic carbocycles. The summed E-state index contributed by atoms with van der Waals surface area (Å²) in [5.41, 5.74) is -0.0180. The second-order valence-corrected chi connectivity index (χ2v) is 10.1. The van der Waals surface area contributed by atoms with Crippen molar-refractivity contribution in [2.45, 2.75) is 49.5 Å². The molecule has 0 spiro atoms. The van der Waals surface area contributed by atoms with Gasteiger partial charge in [0.1, 0.15) is 23.9 Å². The first-order valence-electron chi connectivity index (χ1n) is 10.9. The molecule has 0 radical (unpaired) electrons. The molecule has 3 aromatic rings. The van der Waals surface area contributed by atoms with Gasteiger partial charge in [-0.05, 0) is 62.2 Å². The van der Waals surface area contributed by atoms with Gasteiger partial charge in [0, 0.05) is 17.8 Å². The number of hydrogen-bond acceptors (Lipinski definition) is 6. The summed E-state index contributed by atoms with van der Waals surface area (Å²) in [6.07, 6.45) is -1.53. The quantitative estimate of drug-likeness (QED) is 0.496. The van der Waals surface area contributed by atoms with E-state index in [1.54, 1.807) is 6.92 Å². The van der Waals surface area contributed by atoms with E-state index in [4.69, 9.17) is 0 Å². The number of aromatic nitrogens is 3. The topological polar surface area (TPSA) is 105 Å². The minimum Gasteiger partial charge on any atom is -0.349 e. The fourth-order valence-electron chi connectivity index (χ4n) is 4.00. The number of carbonyl (C=O) groups is 1. The summed E-state index contributed by atoms with van der Waals surface area (Å²) >= 11 is 0. The lowest BCUT2D eigenvalue weighted by Crippen LogP contribution is -2.48. The summed E-state index contributed by atoms with van der Waals surface area (Å²) in [5, 5.41) is 2.67. The molecule has 1 aromatic carbocycles. The molecule has 1 N–H and O–H groups in total. The summed E-state index contributed by atoms with van der Waals surface area (Å²) < 4.78 is 78.9. The number of halogens is 4. The van der Waals surface area contributed by atoms with Gasteiger partial charge in [0.05, 0.1) is 22.8 Å². The highest BCUT2D eigenvalue weighted by Gasteiger charge is 2.43. The van der Waals surface area contributed by atoms with Crippen LogP contribution in [0.5, 0.6) is 0 Å². The average Bonchev–Trinajstić information content (AvgIpc) is 3.25. The fraction of sp³-hybridized carbons (Fsp3) is 0.304. The van der Waals surface area contributed by atoms with Crippen molar-refractivity contribution < 1.29 is 30.8 Å². The minimum atomic E-state index is -4.56. The predicted molar refractivity (Wildman–Crippen MR) is 120 cm³/mol. The Bertz CT molecular complexity index is 1350. The summed E-state index contributed by atoms with van der Waals surface area (Å²) in [7, 11) is -4.05. The van der Waals surface area contributed by atoms with E-state index in [0.717, 1.165) is 40.8 Å². The number of carbonyl (C=O) groups excluding carboxylic acids is 1. The van der Waals surface area contributed by atoms with Crippen LogP contribution in [0.2, 0.25) is 0 Å². The largest absolute Gasteiger partial charge is 0.433 e. The number of alkyl halides is 3. The molecule has 0 unspecified atom stereocenters. The SMILES string of the molecule is C[C@@H]1CC[C@@H](C(=O)NCc2cc(-c3ccc(C(F)(F)F)nc3)ncn2)N1S(=O)(=O)c1ccc(F)cc1. The molecule has 1 amide bonds. The zero-order valence-corrected chi connectivity index (χ0v) is 19.7. The Kier molecular flexibility index (Phi) is 7.05. The lowest BCUT2D eigenvalue weighted by atomic mass is 10.1. The summed E-state index contributed by atoms with van der Waals surface area (Å²) in [5.74, 6) is -1.10. The summed E-state index contributed by atoms with van der Waals surface area (Å²) in [6, 6.07) is 6.57. The van der Waals surface area contributed by atoms with Crippen molar-refractivity contribution in [3.63, 3.8) is 0 Å². The van der Waals surface area contributed by atoms with Gasteiger partial charge < -0.3 is 5.32 Å². The van der Waals surface area contributed by atoms with Crippen LogP contribution in [0.25, 0.3) is 11.3 Å². The summed E-state index contributed by atoms with van der Waals surface area (Å²) in [6.45, 7) is 1.64. The average molecular weight is 524 g/mol. The first-order valence-corrected chi connectivity index (χ1v) is 12.3. The smallest absolute Gasteiger partial charge is 0.349 e. The number of amides is 1. The Morgan fingerprint density at radius 2 is 1.81 bits per heavy atom. The number of sulfonamides is 1. The highest BCUT2D eigenvalue weighted by atomic mass is 32.2. The van der Waals surface area contributed by atoms with Crippen molar-refractivity contribution in [2.24, 2.45) is 0 Å². The van der Waals surface area contributed by atoms with Crippen LogP contribution < -0.4 is 5.32 Å². The van der Waals surface area contributed by atoms with E-state index in [2.05, 4.69) is 20.3 Å². The summed E-state index contributed by atoms with van der Waals surface area (Å²) in [4.78, 5) is 24.4. The second kappa shape index (κ2) is 9.90. The second-order valence-electron chi connectivity index (χ2n) is 8.27. The highest BCUT2D eigenvalue weighted by molar-refractivity contribution is 7.89. The van der Waals surface area contributed by atoms with Crippen LogP contribution in [0.1, 0.15) is 31.2 Å². The van der Waals surface area contributed by atoms with Crippen molar-refractivity contribution in [1.82, 2.24) is 24.6 Å². The lowest BCUT2D eigenvalue weighted by Gasteiger charge is -2.27. The maximum atomic E-state index is 13.3. The van der Waals surface area contributed by atoms with Gasteiger partial charge >= 0.3 is 6.18 Å². The third-order valence-electron chi connectivity index (χ3n) is 5.81. The van der Waals surface area contributed by atoms with E-state index in [1.807, 2.05) is 0 Å². The fourth-order valence-corrected chi connectivity index (χ4v) is 5.84. The molecular formula is C23H21F4N5O3S. The minimum absolute atomic E-state index is 0.0578. The van der Waals surface area contributed by atoms with Crippen molar-refractivity contribution in [2.75, 3.05) is 0 Å². The van der Waals surface area contributed by atoms with Gasteiger partial charge in [-0.25, -0.2) is 22.8 Å². The van der Waals surface area contributed by atoms with Crippen molar-refractivity contribution in [3.8, 4) is 11.3 Å². The third kappa shape index (κ3) is 5.36. The van der Waals surface area contributed by atoms with Crippen LogP contribution in [-0.2, 0) is 27.5 Å². The molecule has 2 aromatic heterocycles. The monoisotopic (exact) mass is 523 g/mol. The molecule has 0 bridgehead atoms. The van der Waals surface area contributed by atoms with Gasteiger partial charge in [0.15, 0.2) is 0 Å². The molecule has 1 saturated heterocycles. The van der Waals surface area contributed by atoms with Crippen molar-refractivity contribution in [3.05, 3.63) is 72.2 Å². The standard InChI is InChI=1S/C23H21F4N5O3S/c1-14-2-8-20(32(14)36(34,35)18-6-4-16(24)5-7-18)22(33)29-12-17-10-19(31-13-30-17)15-3-9-21(28-11-15)23(25,26)27/h3-7,9-11,13-14,20H,2,8,12H2,1H3,(H,29,33)/t14-,20+/m1/s1. The number of pyridine rings is 1. The maximum Gasteiger partial charge on any atom is 0.433 e. The van der Waals surface area contributed by atoms with Gasteiger partial charge in [-0.3, -0.25) is 9.78 Å². The first kappa shape index (κ1) is 25.6.